The molecule has 0 spiro atoms. The normalized spacial score (nSPS) is 13.8. The van der Waals surface area contributed by atoms with Crippen molar-refractivity contribution in [2.45, 2.75) is 26.2 Å². The summed E-state index contributed by atoms with van der Waals surface area (Å²) < 4.78 is 12.7. The molecule has 170 valence electrons. The van der Waals surface area contributed by atoms with E-state index < -0.39 is 0 Å². The number of fused-ring (bicyclic) bond motifs is 1. The van der Waals surface area contributed by atoms with Crippen LogP contribution in [0.15, 0.2) is 36.4 Å². The number of thiophene rings is 1. The van der Waals surface area contributed by atoms with E-state index in [1.54, 1.807) is 7.11 Å². The highest BCUT2D eigenvalue weighted by atomic mass is 32.1. The summed E-state index contributed by atoms with van der Waals surface area (Å²) in [5.41, 5.74) is 2.17. The van der Waals surface area contributed by atoms with Gasteiger partial charge in [0.15, 0.2) is 5.75 Å². The second-order valence-corrected chi connectivity index (χ2v) is 8.96. The molecule has 1 amide bonds. The Hall–Kier alpha value is -3.66. The molecular weight excluding hydrogens is 440 g/mol. The van der Waals surface area contributed by atoms with Gasteiger partial charge in [-0.1, -0.05) is 5.10 Å². The maximum absolute atomic E-state index is 13.1. The van der Waals surface area contributed by atoms with E-state index in [2.05, 4.69) is 43.0 Å². The number of hydrogen-bond acceptors (Lipinski definition) is 8. The summed E-state index contributed by atoms with van der Waals surface area (Å²) in [4.78, 5) is 15.9. The van der Waals surface area contributed by atoms with Crippen LogP contribution in [0.2, 0.25) is 0 Å². The van der Waals surface area contributed by atoms with Crippen LogP contribution in [0.5, 0.6) is 17.2 Å². The van der Waals surface area contributed by atoms with Crippen LogP contribution in [0.1, 0.15) is 34.5 Å². The first-order valence-corrected chi connectivity index (χ1v) is 11.6. The molecule has 2 N–H and O–H groups in total. The first kappa shape index (κ1) is 21.2. The van der Waals surface area contributed by atoms with Gasteiger partial charge in [-0.2, -0.15) is 5.21 Å². The minimum Gasteiger partial charge on any atom is -0.496 e. The molecule has 10 heteroatoms. The number of H-pyrrole nitrogens is 1. The number of ether oxygens (including phenoxy) is 2. The van der Waals surface area contributed by atoms with Crippen molar-refractivity contribution in [3.63, 3.8) is 0 Å². The van der Waals surface area contributed by atoms with Crippen LogP contribution in [-0.4, -0.2) is 46.7 Å². The quantitative estimate of drug-likeness (QED) is 0.424. The number of amides is 1. The van der Waals surface area contributed by atoms with Gasteiger partial charge in [0.05, 0.1) is 7.11 Å². The van der Waals surface area contributed by atoms with Gasteiger partial charge < -0.3 is 14.4 Å². The van der Waals surface area contributed by atoms with Crippen LogP contribution in [0.3, 0.4) is 0 Å². The standard InChI is InChI=1S/C23H24N6O3S/c1-14-12-19-17(13-18(14)31-2)20(21(33-19)22(30)24-23-25-27-28-26-23)32-16-8-6-15(7-9-16)29-10-4-3-5-11-29/h6-9,12-13H,3-5,10-11H2,1-2H3,(H2,24,25,26,27,28,30). The number of hydrogen-bond donors (Lipinski definition) is 2. The minimum absolute atomic E-state index is 0.100. The fraction of sp³-hybridized carbons (Fsp3) is 0.304. The summed E-state index contributed by atoms with van der Waals surface area (Å²) in [7, 11) is 1.63. The molecule has 1 saturated heterocycles. The molecule has 3 heterocycles. The Labute approximate surface area is 194 Å². The Morgan fingerprint density at radius 1 is 1.15 bits per heavy atom. The molecule has 0 bridgehead atoms. The lowest BCUT2D eigenvalue weighted by atomic mass is 10.1. The molecule has 0 saturated carbocycles. The van der Waals surface area contributed by atoms with Crippen LogP contribution in [-0.2, 0) is 0 Å². The first-order valence-electron chi connectivity index (χ1n) is 10.8. The van der Waals surface area contributed by atoms with Crippen LogP contribution in [0, 0.1) is 6.92 Å². The fourth-order valence-electron chi connectivity index (χ4n) is 4.04. The Balaban J connectivity index is 1.50. The summed E-state index contributed by atoms with van der Waals surface area (Å²) in [5, 5.41) is 16.9. The van der Waals surface area contributed by atoms with E-state index in [0.717, 1.165) is 34.5 Å². The van der Waals surface area contributed by atoms with E-state index in [4.69, 9.17) is 9.47 Å². The molecule has 4 aromatic rings. The zero-order valence-corrected chi connectivity index (χ0v) is 19.2. The highest BCUT2D eigenvalue weighted by Gasteiger charge is 2.23. The summed E-state index contributed by atoms with van der Waals surface area (Å²) in [6.45, 7) is 4.13. The van der Waals surface area contributed by atoms with Crippen LogP contribution in [0.25, 0.3) is 10.1 Å². The highest BCUT2D eigenvalue weighted by molar-refractivity contribution is 7.21. The van der Waals surface area contributed by atoms with Gasteiger partial charge in [-0.05, 0) is 73.4 Å². The van der Waals surface area contributed by atoms with E-state index in [1.807, 2.05) is 31.2 Å². The third-order valence-corrected chi connectivity index (χ3v) is 6.85. The Bertz CT molecular complexity index is 1260. The van der Waals surface area contributed by atoms with Gasteiger partial charge in [-0.15, -0.1) is 16.4 Å². The molecule has 1 aliphatic rings. The maximum Gasteiger partial charge on any atom is 0.272 e. The maximum atomic E-state index is 13.1. The van der Waals surface area contributed by atoms with Crippen molar-refractivity contribution in [3.8, 4) is 17.2 Å². The van der Waals surface area contributed by atoms with Crippen LogP contribution < -0.4 is 19.7 Å². The van der Waals surface area contributed by atoms with E-state index in [-0.39, 0.29) is 11.9 Å². The molecule has 1 fully saturated rings. The average molecular weight is 465 g/mol. The molecule has 0 aliphatic carbocycles. The van der Waals surface area contributed by atoms with Gasteiger partial charge in [0.1, 0.15) is 16.4 Å². The van der Waals surface area contributed by atoms with Crippen molar-refractivity contribution in [2.75, 3.05) is 30.4 Å². The monoisotopic (exact) mass is 464 g/mol. The molecule has 0 radical (unpaired) electrons. The molecule has 2 aromatic heterocycles. The zero-order chi connectivity index (χ0) is 22.8. The van der Waals surface area contributed by atoms with E-state index in [0.29, 0.717) is 16.4 Å². The first-order chi connectivity index (χ1) is 16.1. The number of methoxy groups -OCH3 is 1. The molecule has 5 rings (SSSR count). The molecule has 1 aliphatic heterocycles. The smallest absolute Gasteiger partial charge is 0.272 e. The average Bonchev–Trinajstić information content (AvgIpc) is 3.47. The van der Waals surface area contributed by atoms with Crippen molar-refractivity contribution >= 4 is 39.0 Å². The molecule has 0 unspecified atom stereocenters. The number of rotatable bonds is 6. The molecule has 0 atom stereocenters. The summed E-state index contributed by atoms with van der Waals surface area (Å²) in [6.07, 6.45) is 3.74. The number of carbonyl (C=O) groups excluding carboxylic acids is 1. The molecule has 33 heavy (non-hydrogen) atoms. The van der Waals surface area contributed by atoms with Crippen molar-refractivity contribution < 1.29 is 14.3 Å². The lowest BCUT2D eigenvalue weighted by Gasteiger charge is -2.28. The molecular formula is C23H24N6O3S. The van der Waals surface area contributed by atoms with E-state index >= 15 is 0 Å². The third-order valence-electron chi connectivity index (χ3n) is 5.71. The van der Waals surface area contributed by atoms with Crippen molar-refractivity contribution in [2.24, 2.45) is 0 Å². The van der Waals surface area contributed by atoms with Gasteiger partial charge in [-0.25, -0.2) is 0 Å². The largest absolute Gasteiger partial charge is 0.496 e. The van der Waals surface area contributed by atoms with Crippen molar-refractivity contribution in [3.05, 3.63) is 46.8 Å². The number of nitrogens with zero attached hydrogens (tertiary/aromatic N) is 4. The van der Waals surface area contributed by atoms with Gasteiger partial charge in [0.25, 0.3) is 11.9 Å². The van der Waals surface area contributed by atoms with Crippen molar-refractivity contribution in [1.82, 2.24) is 20.6 Å². The number of benzene rings is 2. The van der Waals surface area contributed by atoms with Crippen LogP contribution in [0.4, 0.5) is 11.6 Å². The number of aromatic nitrogens is 4. The topological polar surface area (TPSA) is 105 Å². The van der Waals surface area contributed by atoms with Gasteiger partial charge in [0, 0.05) is 28.9 Å². The number of carbonyl (C=O) groups is 1. The number of piperidine rings is 1. The number of tetrazole rings is 1. The zero-order valence-electron chi connectivity index (χ0n) is 18.4. The second kappa shape index (κ2) is 9.07. The number of anilines is 2. The van der Waals surface area contributed by atoms with E-state index in [1.165, 1.54) is 36.3 Å². The lowest BCUT2D eigenvalue weighted by Crippen LogP contribution is -2.29. The highest BCUT2D eigenvalue weighted by Crippen LogP contribution is 2.43. The van der Waals surface area contributed by atoms with Gasteiger partial charge >= 0.3 is 0 Å². The number of nitrogens with one attached hydrogen (secondary N) is 2. The Kier molecular flexibility index (Phi) is 5.82. The number of aromatic amines is 1. The lowest BCUT2D eigenvalue weighted by molar-refractivity contribution is 0.102. The number of aryl methyl sites for hydroxylation is 1. The summed E-state index contributed by atoms with van der Waals surface area (Å²) in [6, 6.07) is 11.9. The Morgan fingerprint density at radius 2 is 1.94 bits per heavy atom. The SMILES string of the molecule is COc1cc2c(Oc3ccc(N4CCCCC4)cc3)c(C(=O)Nc3nn[nH]n3)sc2cc1C. The fourth-order valence-corrected chi connectivity index (χ4v) is 5.15. The Morgan fingerprint density at radius 3 is 2.64 bits per heavy atom. The van der Waals surface area contributed by atoms with Crippen molar-refractivity contribution in [1.29, 1.82) is 0 Å². The summed E-state index contributed by atoms with van der Waals surface area (Å²) in [5.74, 6) is 1.59. The van der Waals surface area contributed by atoms with E-state index in [9.17, 15) is 4.79 Å². The second-order valence-electron chi connectivity index (χ2n) is 7.91. The van der Waals surface area contributed by atoms with Gasteiger partial charge in [-0.3, -0.25) is 10.1 Å². The predicted octanol–water partition coefficient (Wildman–Crippen LogP) is 4.77. The van der Waals surface area contributed by atoms with Gasteiger partial charge in [0.2, 0.25) is 0 Å². The van der Waals surface area contributed by atoms with Crippen LogP contribution >= 0.6 is 11.3 Å². The molecule has 9 nitrogen and oxygen atoms in total. The molecule has 2 aromatic carbocycles. The third kappa shape index (κ3) is 4.34. The predicted molar refractivity (Wildman–Crippen MR) is 128 cm³/mol. The summed E-state index contributed by atoms with van der Waals surface area (Å²) >= 11 is 1.35. The minimum atomic E-state index is -0.367.